The second-order valence-electron chi connectivity index (χ2n) is 3.75. The summed E-state index contributed by atoms with van der Waals surface area (Å²) in [7, 11) is 0. The molecule has 0 aliphatic carbocycles. The lowest BCUT2D eigenvalue weighted by Crippen LogP contribution is -1.99. The number of hydrogen-bond acceptors (Lipinski definition) is 2. The van der Waals surface area contributed by atoms with Gasteiger partial charge in [0.05, 0.1) is 11.4 Å². The highest BCUT2D eigenvalue weighted by molar-refractivity contribution is 5.45. The predicted octanol–water partition coefficient (Wildman–Crippen LogP) is 2.36. The first kappa shape index (κ1) is 11.0. The second kappa shape index (κ2) is 4.55. The van der Waals surface area contributed by atoms with E-state index in [4.69, 9.17) is 5.26 Å². The summed E-state index contributed by atoms with van der Waals surface area (Å²) in [4.78, 5) is 0. The van der Waals surface area contributed by atoms with Gasteiger partial charge in [0.25, 0.3) is 0 Å². The number of nitrogens with zero attached hydrogens (tertiary/aromatic N) is 3. The van der Waals surface area contributed by atoms with Crippen LogP contribution in [0, 0.1) is 37.0 Å². The van der Waals surface area contributed by atoms with Gasteiger partial charge in [0.15, 0.2) is 6.07 Å². The fourth-order valence-corrected chi connectivity index (χ4v) is 1.71. The Morgan fingerprint density at radius 3 is 2.71 bits per heavy atom. The van der Waals surface area contributed by atoms with E-state index in [0.717, 1.165) is 22.6 Å². The van der Waals surface area contributed by atoms with Crippen LogP contribution in [0.5, 0.6) is 0 Å². The molecule has 0 atom stereocenters. The zero-order valence-corrected chi connectivity index (χ0v) is 9.73. The van der Waals surface area contributed by atoms with E-state index in [9.17, 15) is 0 Å². The summed E-state index contributed by atoms with van der Waals surface area (Å²) in [5.41, 5.74) is 3.83. The Bertz CT molecular complexity index is 648. The molecule has 2 aromatic rings. The molecule has 3 nitrogen and oxygen atoms in total. The maximum Gasteiger partial charge on any atom is 0.152 e. The molecule has 0 amide bonds. The van der Waals surface area contributed by atoms with Crippen LogP contribution in [-0.2, 0) is 0 Å². The van der Waals surface area contributed by atoms with Crippen LogP contribution in [-0.4, -0.2) is 9.78 Å². The minimum absolute atomic E-state index is 0.816. The topological polar surface area (TPSA) is 41.6 Å². The van der Waals surface area contributed by atoms with Gasteiger partial charge >= 0.3 is 0 Å². The predicted molar refractivity (Wildman–Crippen MR) is 65.5 cm³/mol. The minimum atomic E-state index is 0.816. The highest BCUT2D eigenvalue weighted by Gasteiger charge is 2.03. The SMILES string of the molecule is Cc1cc(C)n(-c2cccc(C#CC#N)c2)n1. The second-order valence-corrected chi connectivity index (χ2v) is 3.75. The monoisotopic (exact) mass is 221 g/mol. The van der Waals surface area contributed by atoms with Gasteiger partial charge in [-0.1, -0.05) is 12.0 Å². The molecule has 1 heterocycles. The Balaban J connectivity index is 2.47. The van der Waals surface area contributed by atoms with Crippen molar-refractivity contribution in [2.75, 3.05) is 0 Å². The molecule has 0 bridgehead atoms. The Morgan fingerprint density at radius 2 is 2.06 bits per heavy atom. The molecule has 0 unspecified atom stereocenters. The smallest absolute Gasteiger partial charge is 0.152 e. The molecule has 82 valence electrons. The van der Waals surface area contributed by atoms with Gasteiger partial charge in [-0.2, -0.15) is 10.4 Å². The van der Waals surface area contributed by atoms with Crippen molar-refractivity contribution in [3.63, 3.8) is 0 Å². The van der Waals surface area contributed by atoms with Gasteiger partial charge in [-0.25, -0.2) is 4.68 Å². The molecule has 2 rings (SSSR count). The minimum Gasteiger partial charge on any atom is -0.238 e. The fourth-order valence-electron chi connectivity index (χ4n) is 1.71. The maximum absolute atomic E-state index is 8.42. The van der Waals surface area contributed by atoms with Crippen LogP contribution in [0.25, 0.3) is 5.69 Å². The van der Waals surface area contributed by atoms with Crippen molar-refractivity contribution in [3.05, 3.63) is 47.3 Å². The van der Waals surface area contributed by atoms with Gasteiger partial charge in [0.1, 0.15) is 0 Å². The molecule has 1 aromatic carbocycles. The van der Waals surface area contributed by atoms with Crippen LogP contribution in [0.3, 0.4) is 0 Å². The van der Waals surface area contributed by atoms with Crippen molar-refractivity contribution < 1.29 is 0 Å². The number of benzene rings is 1. The van der Waals surface area contributed by atoms with E-state index in [1.165, 1.54) is 0 Å². The zero-order chi connectivity index (χ0) is 12.3. The summed E-state index contributed by atoms with van der Waals surface area (Å²) >= 11 is 0. The van der Waals surface area contributed by atoms with Crippen molar-refractivity contribution in [2.45, 2.75) is 13.8 Å². The first-order valence-corrected chi connectivity index (χ1v) is 5.24. The molecule has 0 fully saturated rings. The van der Waals surface area contributed by atoms with E-state index in [2.05, 4.69) is 16.9 Å². The molecule has 0 aliphatic rings. The van der Waals surface area contributed by atoms with E-state index in [0.29, 0.717) is 0 Å². The Morgan fingerprint density at radius 1 is 1.24 bits per heavy atom. The maximum atomic E-state index is 8.42. The van der Waals surface area contributed by atoms with Gasteiger partial charge < -0.3 is 0 Å². The largest absolute Gasteiger partial charge is 0.238 e. The first-order chi connectivity index (χ1) is 8.20. The van der Waals surface area contributed by atoms with Crippen molar-refractivity contribution in [1.82, 2.24) is 9.78 Å². The van der Waals surface area contributed by atoms with Crippen molar-refractivity contribution in [1.29, 1.82) is 5.26 Å². The molecule has 1 aromatic heterocycles. The molecule has 0 radical (unpaired) electrons. The number of rotatable bonds is 1. The van der Waals surface area contributed by atoms with Crippen molar-refractivity contribution in [2.24, 2.45) is 0 Å². The van der Waals surface area contributed by atoms with E-state index in [-0.39, 0.29) is 0 Å². The highest BCUT2D eigenvalue weighted by atomic mass is 15.3. The third-order valence-corrected chi connectivity index (χ3v) is 2.36. The lowest BCUT2D eigenvalue weighted by atomic mass is 10.2. The zero-order valence-electron chi connectivity index (χ0n) is 9.73. The van der Waals surface area contributed by atoms with Crippen LogP contribution in [0.1, 0.15) is 17.0 Å². The number of aromatic nitrogens is 2. The third-order valence-electron chi connectivity index (χ3n) is 2.36. The average molecular weight is 221 g/mol. The molecule has 17 heavy (non-hydrogen) atoms. The van der Waals surface area contributed by atoms with Gasteiger partial charge in [-0.3, -0.25) is 0 Å². The van der Waals surface area contributed by atoms with Crippen LogP contribution < -0.4 is 0 Å². The highest BCUT2D eigenvalue weighted by Crippen LogP contribution is 2.13. The average Bonchev–Trinajstić information content (AvgIpc) is 2.66. The number of aryl methyl sites for hydroxylation is 2. The van der Waals surface area contributed by atoms with E-state index >= 15 is 0 Å². The molecule has 0 spiro atoms. The standard InChI is InChI=1S/C14H11N3/c1-11-9-12(2)17(16-11)14-7-3-5-13(10-14)6-4-8-15/h3,5,7,9-10H,1-2H3. The molecule has 0 saturated carbocycles. The van der Waals surface area contributed by atoms with Gasteiger partial charge in [-0.05, 0) is 38.1 Å². The first-order valence-electron chi connectivity index (χ1n) is 5.24. The summed E-state index contributed by atoms with van der Waals surface area (Å²) in [5.74, 6) is 5.17. The third kappa shape index (κ3) is 2.35. The molecule has 0 N–H and O–H groups in total. The van der Waals surface area contributed by atoms with E-state index < -0.39 is 0 Å². The van der Waals surface area contributed by atoms with Crippen molar-refractivity contribution >= 4 is 0 Å². The summed E-state index contributed by atoms with van der Waals surface area (Å²) in [5, 5.41) is 12.8. The molecule has 0 saturated heterocycles. The quantitative estimate of drug-likeness (QED) is 0.694. The lowest BCUT2D eigenvalue weighted by molar-refractivity contribution is 0.833. The lowest BCUT2D eigenvalue weighted by Gasteiger charge is -2.04. The van der Waals surface area contributed by atoms with Crippen LogP contribution >= 0.6 is 0 Å². The van der Waals surface area contributed by atoms with Crippen molar-refractivity contribution in [3.8, 4) is 23.6 Å². The Kier molecular flexibility index (Phi) is 2.94. The molecular formula is C14H11N3. The van der Waals surface area contributed by atoms with Crippen LogP contribution in [0.15, 0.2) is 30.3 Å². The van der Waals surface area contributed by atoms with Gasteiger partial charge in [0.2, 0.25) is 0 Å². The number of nitriles is 1. The van der Waals surface area contributed by atoms with E-state index in [1.807, 2.05) is 54.9 Å². The Labute approximate surface area is 100 Å². The molecular weight excluding hydrogens is 210 g/mol. The summed E-state index contributed by atoms with van der Waals surface area (Å²) in [6.07, 6.45) is 0. The van der Waals surface area contributed by atoms with Crippen LogP contribution in [0.2, 0.25) is 0 Å². The van der Waals surface area contributed by atoms with E-state index in [1.54, 1.807) is 0 Å². The summed E-state index contributed by atoms with van der Waals surface area (Å²) in [6.45, 7) is 3.97. The van der Waals surface area contributed by atoms with Gasteiger partial charge in [-0.15, -0.1) is 0 Å². The summed E-state index contributed by atoms with van der Waals surface area (Å²) in [6, 6.07) is 11.5. The van der Waals surface area contributed by atoms with Gasteiger partial charge in [0, 0.05) is 17.2 Å². The summed E-state index contributed by atoms with van der Waals surface area (Å²) < 4.78 is 1.87. The normalized spacial score (nSPS) is 9.24. The Hall–Kier alpha value is -2.52. The fraction of sp³-hybridized carbons (Fsp3) is 0.143. The number of hydrogen-bond donors (Lipinski definition) is 0. The molecule has 3 heteroatoms. The van der Waals surface area contributed by atoms with Crippen LogP contribution in [0.4, 0.5) is 0 Å². The molecule has 0 aliphatic heterocycles.